The Morgan fingerprint density at radius 2 is 0.839 bits per heavy atom. The van der Waals surface area contributed by atoms with E-state index in [-0.39, 0.29) is 86.4 Å². The minimum Gasteiger partial charge on any atom is -0.477 e. The van der Waals surface area contributed by atoms with Crippen LogP contribution in [0.1, 0.15) is 62.3 Å². The maximum atomic E-state index is 11.1. The number of carboxylic acids is 1. The summed E-state index contributed by atoms with van der Waals surface area (Å²) in [6.45, 7) is 16.2. The molecule has 0 aromatic heterocycles. The fourth-order valence-electron chi connectivity index (χ4n) is 7.77. The van der Waals surface area contributed by atoms with Crippen molar-refractivity contribution in [3.05, 3.63) is 0 Å². The fraction of sp³-hybridized carbons (Fsp3) is 0.974. The molecular formula is C38H72O18. The molecule has 18 nitrogen and oxygen atoms in total. The summed E-state index contributed by atoms with van der Waals surface area (Å²) in [6, 6.07) is 0. The van der Waals surface area contributed by atoms with Gasteiger partial charge in [-0.3, -0.25) is 0 Å². The number of aliphatic carboxylic acids is 1. The van der Waals surface area contributed by atoms with Crippen LogP contribution >= 0.6 is 0 Å². The van der Waals surface area contributed by atoms with Crippen molar-refractivity contribution in [3.8, 4) is 0 Å². The Kier molecular flexibility index (Phi) is 20.9. The number of hydrogen-bond acceptors (Lipinski definition) is 17. The third-order valence-electron chi connectivity index (χ3n) is 11.8. The van der Waals surface area contributed by atoms with Gasteiger partial charge in [0.05, 0.1) is 68.7 Å². The number of fused-ring (bicyclic) bond motifs is 1. The fourth-order valence-corrected chi connectivity index (χ4v) is 7.77. The summed E-state index contributed by atoms with van der Waals surface area (Å²) in [6.07, 6.45) is -6.13. The van der Waals surface area contributed by atoms with E-state index in [9.17, 15) is 25.2 Å². The van der Waals surface area contributed by atoms with Gasteiger partial charge in [-0.2, -0.15) is 0 Å². The van der Waals surface area contributed by atoms with Gasteiger partial charge in [-0.25, -0.2) is 4.79 Å². The van der Waals surface area contributed by atoms with E-state index in [2.05, 4.69) is 0 Å². The Bertz CT molecular complexity index is 1090. The van der Waals surface area contributed by atoms with Crippen molar-refractivity contribution in [2.45, 2.75) is 172 Å². The van der Waals surface area contributed by atoms with E-state index in [0.29, 0.717) is 0 Å². The number of rotatable bonds is 8. The molecule has 0 radical (unpaired) electrons. The average Bonchev–Trinajstić information content (AvgIpc) is 3.54. The normalized spacial score (nSPS) is 47.5. The lowest BCUT2D eigenvalue weighted by Crippen LogP contribution is -2.57. The van der Waals surface area contributed by atoms with Gasteiger partial charge < -0.3 is 83.1 Å². The molecule has 0 amide bonds. The molecule has 5 fully saturated rings. The highest BCUT2D eigenvalue weighted by Gasteiger charge is 2.58. The summed E-state index contributed by atoms with van der Waals surface area (Å²) in [5, 5.41) is 65.3. The average molecular weight is 817 g/mol. The monoisotopic (exact) mass is 816 g/mol. The zero-order valence-electron chi connectivity index (χ0n) is 35.3. The molecule has 0 bridgehead atoms. The zero-order chi connectivity index (χ0) is 42.8. The minimum atomic E-state index is -1.70. The van der Waals surface area contributed by atoms with Crippen LogP contribution in [0.3, 0.4) is 0 Å². The molecule has 56 heavy (non-hydrogen) atoms. The Hall–Kier alpha value is -1.17. The lowest BCUT2D eigenvalue weighted by Gasteiger charge is -2.41. The van der Waals surface area contributed by atoms with E-state index in [4.69, 9.17) is 62.7 Å². The molecule has 5 rings (SSSR count). The van der Waals surface area contributed by atoms with E-state index < -0.39 is 66.7 Å². The molecule has 0 aromatic rings. The van der Waals surface area contributed by atoms with Crippen molar-refractivity contribution in [1.29, 1.82) is 0 Å². The molecule has 7 N–H and O–H groups in total. The SMILES string of the molecule is COC1C(CO)O[C@H](C)C2O[C@@](C)(C(=O)O)OC12.COC1C(O)C(C)O[C@H](C)C1C.COC1C(O)C(CO)O[C@H](C)C1C.COC1C(O)C(CO)O[C@H](C)C1C. The van der Waals surface area contributed by atoms with Crippen LogP contribution in [-0.2, 0) is 52.2 Å². The van der Waals surface area contributed by atoms with Gasteiger partial charge in [0.25, 0.3) is 5.79 Å². The summed E-state index contributed by atoms with van der Waals surface area (Å²) < 4.78 is 53.6. The van der Waals surface area contributed by atoms with E-state index in [1.54, 1.807) is 28.3 Å². The third-order valence-corrected chi connectivity index (χ3v) is 11.8. The van der Waals surface area contributed by atoms with Crippen LogP contribution in [0.5, 0.6) is 0 Å². The molecule has 5 heterocycles. The summed E-state index contributed by atoms with van der Waals surface area (Å²) in [4.78, 5) is 11.1. The van der Waals surface area contributed by atoms with Crippen LogP contribution in [0, 0.1) is 17.8 Å². The molecule has 21 atom stereocenters. The second-order valence-electron chi connectivity index (χ2n) is 15.5. The van der Waals surface area contributed by atoms with E-state index in [1.807, 2.05) is 48.5 Å². The quantitative estimate of drug-likeness (QED) is 0.167. The lowest BCUT2D eigenvalue weighted by molar-refractivity contribution is -0.207. The molecular weight excluding hydrogens is 744 g/mol. The summed E-state index contributed by atoms with van der Waals surface area (Å²) in [7, 11) is 6.23. The topological polar surface area (TPSA) is 251 Å². The minimum absolute atomic E-state index is 0.00509. The van der Waals surface area contributed by atoms with Crippen LogP contribution in [0.2, 0.25) is 0 Å². The second kappa shape index (κ2) is 23.0. The molecule has 0 aromatic carbocycles. The smallest absolute Gasteiger partial charge is 0.364 e. The molecule has 5 aliphatic heterocycles. The van der Waals surface area contributed by atoms with Crippen LogP contribution in [0.15, 0.2) is 0 Å². The van der Waals surface area contributed by atoms with Crippen molar-refractivity contribution in [2.75, 3.05) is 48.3 Å². The van der Waals surface area contributed by atoms with Gasteiger partial charge in [-0.1, -0.05) is 20.8 Å². The Morgan fingerprint density at radius 1 is 0.500 bits per heavy atom. The van der Waals surface area contributed by atoms with Gasteiger partial charge in [-0.05, 0) is 34.6 Å². The first kappa shape index (κ1) is 51.0. The van der Waals surface area contributed by atoms with Crippen LogP contribution in [-0.4, -0.2) is 200 Å². The summed E-state index contributed by atoms with van der Waals surface area (Å²) in [5.74, 6) is -2.36. The van der Waals surface area contributed by atoms with Gasteiger partial charge in [0.1, 0.15) is 54.9 Å². The standard InChI is InChI=1S/C11H18O7.2C9H18O4.C9H18O3/c1-5-7-9(8(15-3)6(4-12)16-5)18-11(2,17-7)10(13)14;2*1-5-6(2)13-7(4-10)8(11)9(5)12-3;1-5-6(2)12-7(3)8(10)9(5)11-4/h5-9,12H,4H2,1-3H3,(H,13,14);2*5-11H,4H2,1-3H3;5-10H,1-4H3/t5-,6?,7?,8?,9?,11-;3*5?,6-,7?,8?,9?/m1111/s1. The molecule has 5 aliphatic rings. The molecule has 16 unspecified atom stereocenters. The molecule has 0 saturated carbocycles. The number of methoxy groups -OCH3 is 4. The molecule has 0 spiro atoms. The van der Waals surface area contributed by atoms with Crippen molar-refractivity contribution in [2.24, 2.45) is 17.8 Å². The van der Waals surface area contributed by atoms with Gasteiger partial charge in [0.15, 0.2) is 0 Å². The third kappa shape index (κ3) is 12.0. The van der Waals surface area contributed by atoms with E-state index >= 15 is 0 Å². The van der Waals surface area contributed by atoms with E-state index in [0.717, 1.165) is 0 Å². The van der Waals surface area contributed by atoms with Gasteiger partial charge in [-0.15, -0.1) is 0 Å². The number of ether oxygens (including phenoxy) is 10. The van der Waals surface area contributed by atoms with Gasteiger partial charge in [0.2, 0.25) is 0 Å². The molecule has 5 saturated heterocycles. The first-order valence-electron chi connectivity index (χ1n) is 19.4. The number of carbonyl (C=O) groups is 1. The Labute approximate surface area is 331 Å². The Morgan fingerprint density at radius 3 is 1.20 bits per heavy atom. The van der Waals surface area contributed by atoms with Crippen molar-refractivity contribution in [3.63, 3.8) is 0 Å². The highest BCUT2D eigenvalue weighted by molar-refractivity contribution is 5.75. The number of aliphatic hydroxyl groups is 6. The second-order valence-corrected chi connectivity index (χ2v) is 15.5. The highest BCUT2D eigenvalue weighted by atomic mass is 16.8. The Balaban J connectivity index is 0.000000262. The van der Waals surface area contributed by atoms with Gasteiger partial charge in [0, 0.05) is 53.1 Å². The van der Waals surface area contributed by atoms with Gasteiger partial charge >= 0.3 is 5.97 Å². The first-order chi connectivity index (χ1) is 26.2. The van der Waals surface area contributed by atoms with Crippen molar-refractivity contribution in [1.82, 2.24) is 0 Å². The van der Waals surface area contributed by atoms with Crippen LogP contribution < -0.4 is 0 Å². The van der Waals surface area contributed by atoms with E-state index in [1.165, 1.54) is 14.0 Å². The zero-order valence-corrected chi connectivity index (χ0v) is 35.3. The van der Waals surface area contributed by atoms with Crippen molar-refractivity contribution < 1.29 is 87.9 Å². The molecule has 332 valence electrons. The maximum Gasteiger partial charge on any atom is 0.364 e. The largest absolute Gasteiger partial charge is 0.477 e. The molecule has 18 heteroatoms. The van der Waals surface area contributed by atoms with Crippen LogP contribution in [0.4, 0.5) is 0 Å². The number of aliphatic hydroxyl groups excluding tert-OH is 6. The summed E-state index contributed by atoms with van der Waals surface area (Å²) in [5.41, 5.74) is 0. The number of carboxylic acid groups (broad SMARTS) is 1. The molecule has 0 aliphatic carbocycles. The van der Waals surface area contributed by atoms with Crippen molar-refractivity contribution >= 4 is 5.97 Å². The maximum absolute atomic E-state index is 11.1. The predicted molar refractivity (Wildman–Crippen MR) is 199 cm³/mol. The van der Waals surface area contributed by atoms with Crippen LogP contribution in [0.25, 0.3) is 0 Å². The lowest BCUT2D eigenvalue weighted by atomic mass is 9.89. The highest BCUT2D eigenvalue weighted by Crippen LogP contribution is 2.39. The predicted octanol–water partition coefficient (Wildman–Crippen LogP) is -0.273. The number of hydrogen-bond donors (Lipinski definition) is 7. The first-order valence-corrected chi connectivity index (χ1v) is 19.4. The summed E-state index contributed by atoms with van der Waals surface area (Å²) >= 11 is 0.